The van der Waals surface area contributed by atoms with Crippen LogP contribution in [0.1, 0.15) is 36.2 Å². The average Bonchev–Trinajstić information content (AvgIpc) is 2.48. The Balaban J connectivity index is 2.76. The highest BCUT2D eigenvalue weighted by Crippen LogP contribution is 2.07. The van der Waals surface area contributed by atoms with Gasteiger partial charge in [0.2, 0.25) is 0 Å². The van der Waals surface area contributed by atoms with Gasteiger partial charge in [-0.3, -0.25) is 4.79 Å². The molecule has 1 amide bonds. The molecule has 0 heterocycles. The molecule has 124 valence electrons. The van der Waals surface area contributed by atoms with E-state index in [1.807, 2.05) is 6.26 Å². The molecule has 0 aliphatic heterocycles. The third-order valence-corrected chi connectivity index (χ3v) is 3.52. The fourth-order valence-corrected chi connectivity index (χ4v) is 2.14. The lowest BCUT2D eigenvalue weighted by Gasteiger charge is -2.14. The monoisotopic (exact) mass is 335 g/mol. The molecule has 1 rings (SSSR count). The number of aliphatic carboxylic acids is 1. The Bertz CT molecular complexity index is 608. The number of aliphatic hydroxyl groups is 1. The number of hydrogen-bond donors (Lipinski definition) is 3. The van der Waals surface area contributed by atoms with Gasteiger partial charge >= 0.3 is 5.97 Å². The first-order valence-electron chi connectivity index (χ1n) is 7.11. The van der Waals surface area contributed by atoms with Crippen LogP contribution >= 0.6 is 11.8 Å². The number of carbonyl (C=O) groups is 2. The van der Waals surface area contributed by atoms with Gasteiger partial charge in [-0.05, 0) is 56.5 Å². The summed E-state index contributed by atoms with van der Waals surface area (Å²) >= 11 is 1.53. The molecule has 0 aromatic heterocycles. The summed E-state index contributed by atoms with van der Waals surface area (Å²) in [5.74, 6) is 4.67. The molecule has 6 heteroatoms. The predicted octanol–water partition coefficient (Wildman–Crippen LogP) is 1.75. The van der Waals surface area contributed by atoms with Crippen LogP contribution in [0.2, 0.25) is 0 Å². The number of rotatable bonds is 6. The Morgan fingerprint density at radius 3 is 2.39 bits per heavy atom. The summed E-state index contributed by atoms with van der Waals surface area (Å²) in [5.41, 5.74) is -0.0442. The second-order valence-corrected chi connectivity index (χ2v) is 6.52. The molecule has 0 aliphatic rings. The van der Waals surface area contributed by atoms with Gasteiger partial charge in [0.05, 0.1) is 0 Å². The number of hydrogen-bond acceptors (Lipinski definition) is 4. The smallest absolute Gasteiger partial charge is 0.326 e. The molecule has 0 saturated carbocycles. The minimum atomic E-state index is -1.08. The first-order chi connectivity index (χ1) is 10.7. The van der Waals surface area contributed by atoms with Crippen molar-refractivity contribution in [2.75, 3.05) is 12.0 Å². The van der Waals surface area contributed by atoms with Crippen molar-refractivity contribution < 1.29 is 19.8 Å². The third-order valence-electron chi connectivity index (χ3n) is 2.87. The summed E-state index contributed by atoms with van der Waals surface area (Å²) in [4.78, 5) is 23.2. The quantitative estimate of drug-likeness (QED) is 0.690. The van der Waals surface area contributed by atoms with Crippen LogP contribution in [0.4, 0.5) is 0 Å². The van der Waals surface area contributed by atoms with E-state index in [1.165, 1.54) is 11.8 Å². The summed E-state index contributed by atoms with van der Waals surface area (Å²) in [6, 6.07) is 5.58. The first-order valence-corrected chi connectivity index (χ1v) is 8.50. The van der Waals surface area contributed by atoms with Crippen molar-refractivity contribution in [2.45, 2.75) is 31.9 Å². The minimum absolute atomic E-state index is 0.370. The SMILES string of the molecule is CSCC[C@@H](NC(=O)c1ccc(C#CC(C)(C)O)cc1)C(=O)O. The molecule has 5 nitrogen and oxygen atoms in total. The fraction of sp³-hybridized carbons (Fsp3) is 0.412. The normalized spacial score (nSPS) is 12.0. The Labute approximate surface area is 140 Å². The molecule has 0 spiro atoms. The summed E-state index contributed by atoms with van der Waals surface area (Å²) < 4.78 is 0. The lowest BCUT2D eigenvalue weighted by atomic mass is 10.1. The number of carboxylic acids is 1. The zero-order valence-corrected chi connectivity index (χ0v) is 14.2. The van der Waals surface area contributed by atoms with Crippen molar-refractivity contribution in [1.82, 2.24) is 5.32 Å². The van der Waals surface area contributed by atoms with E-state index in [9.17, 15) is 14.7 Å². The Morgan fingerprint density at radius 2 is 1.91 bits per heavy atom. The largest absolute Gasteiger partial charge is 0.480 e. The molecule has 0 saturated heterocycles. The highest BCUT2D eigenvalue weighted by Gasteiger charge is 2.20. The molecule has 3 N–H and O–H groups in total. The van der Waals surface area contributed by atoms with E-state index < -0.39 is 23.5 Å². The predicted molar refractivity (Wildman–Crippen MR) is 91.5 cm³/mol. The lowest BCUT2D eigenvalue weighted by molar-refractivity contribution is -0.139. The van der Waals surface area contributed by atoms with E-state index >= 15 is 0 Å². The van der Waals surface area contributed by atoms with Crippen LogP contribution in [-0.4, -0.2) is 45.7 Å². The van der Waals surface area contributed by atoms with Crippen LogP contribution in [0, 0.1) is 11.8 Å². The van der Waals surface area contributed by atoms with Crippen molar-refractivity contribution >= 4 is 23.6 Å². The average molecular weight is 335 g/mol. The van der Waals surface area contributed by atoms with Gasteiger partial charge in [-0.1, -0.05) is 11.8 Å². The molecule has 23 heavy (non-hydrogen) atoms. The number of nitrogens with one attached hydrogen (secondary N) is 1. The zero-order chi connectivity index (χ0) is 17.5. The zero-order valence-electron chi connectivity index (χ0n) is 13.4. The van der Waals surface area contributed by atoms with Gasteiger partial charge in [-0.25, -0.2) is 4.79 Å². The summed E-state index contributed by atoms with van der Waals surface area (Å²) in [6.45, 7) is 3.17. The number of amides is 1. The van der Waals surface area contributed by atoms with Gasteiger partial charge < -0.3 is 15.5 Å². The van der Waals surface area contributed by atoms with Gasteiger partial charge in [-0.15, -0.1) is 0 Å². The number of benzene rings is 1. The van der Waals surface area contributed by atoms with Crippen molar-refractivity contribution in [1.29, 1.82) is 0 Å². The van der Waals surface area contributed by atoms with Gasteiger partial charge in [0.15, 0.2) is 0 Å². The van der Waals surface area contributed by atoms with Crippen LogP contribution in [0.25, 0.3) is 0 Å². The first kappa shape index (κ1) is 19.1. The van der Waals surface area contributed by atoms with Crippen LogP contribution in [0.3, 0.4) is 0 Å². The standard InChI is InChI=1S/C17H21NO4S/c1-17(2,22)10-8-12-4-6-13(7-5-12)15(19)18-14(16(20)21)9-11-23-3/h4-7,14,22H,9,11H2,1-3H3,(H,18,19)(H,20,21)/t14-/m1/s1. The van der Waals surface area contributed by atoms with Crippen molar-refractivity contribution in [3.63, 3.8) is 0 Å². The van der Waals surface area contributed by atoms with E-state index in [2.05, 4.69) is 17.2 Å². The highest BCUT2D eigenvalue weighted by molar-refractivity contribution is 7.98. The molecule has 0 fully saturated rings. The second kappa shape index (κ2) is 8.61. The van der Waals surface area contributed by atoms with Crippen LogP contribution in [0.15, 0.2) is 24.3 Å². The molecule has 1 atom stereocenters. The lowest BCUT2D eigenvalue weighted by Crippen LogP contribution is -2.41. The van der Waals surface area contributed by atoms with E-state index in [0.717, 1.165) is 0 Å². The molecular formula is C17H21NO4S. The van der Waals surface area contributed by atoms with Gasteiger partial charge in [-0.2, -0.15) is 11.8 Å². The minimum Gasteiger partial charge on any atom is -0.480 e. The summed E-state index contributed by atoms with van der Waals surface area (Å²) in [7, 11) is 0. The number of carbonyl (C=O) groups excluding carboxylic acids is 1. The molecule has 0 unspecified atom stereocenters. The van der Waals surface area contributed by atoms with E-state index in [1.54, 1.807) is 38.1 Å². The Kier molecular flexibility index (Phi) is 7.14. The number of thioether (sulfide) groups is 1. The van der Waals surface area contributed by atoms with Crippen LogP contribution < -0.4 is 5.32 Å². The third kappa shape index (κ3) is 7.22. The maximum atomic E-state index is 12.1. The van der Waals surface area contributed by atoms with Gasteiger partial charge in [0.25, 0.3) is 5.91 Å². The molecular weight excluding hydrogens is 314 g/mol. The van der Waals surface area contributed by atoms with E-state index in [-0.39, 0.29) is 0 Å². The van der Waals surface area contributed by atoms with Crippen LogP contribution in [-0.2, 0) is 4.79 Å². The Hall–Kier alpha value is -1.97. The van der Waals surface area contributed by atoms with Crippen molar-refractivity contribution in [3.8, 4) is 11.8 Å². The van der Waals surface area contributed by atoms with Crippen LogP contribution in [0.5, 0.6) is 0 Å². The molecule has 1 aromatic rings. The molecule has 1 aromatic carbocycles. The maximum Gasteiger partial charge on any atom is 0.326 e. The summed E-state index contributed by atoms with van der Waals surface area (Å²) in [5, 5.41) is 21.2. The Morgan fingerprint density at radius 1 is 1.30 bits per heavy atom. The number of carboxylic acid groups (broad SMARTS) is 1. The topological polar surface area (TPSA) is 86.6 Å². The van der Waals surface area contributed by atoms with Crippen molar-refractivity contribution in [3.05, 3.63) is 35.4 Å². The maximum absolute atomic E-state index is 12.1. The molecule has 0 bridgehead atoms. The molecule has 0 aliphatic carbocycles. The van der Waals surface area contributed by atoms with Gasteiger partial charge in [0, 0.05) is 11.1 Å². The molecule has 0 radical (unpaired) electrons. The van der Waals surface area contributed by atoms with Crippen molar-refractivity contribution in [2.24, 2.45) is 0 Å². The summed E-state index contributed by atoms with van der Waals surface area (Å²) in [6.07, 6.45) is 2.26. The van der Waals surface area contributed by atoms with E-state index in [4.69, 9.17) is 5.11 Å². The second-order valence-electron chi connectivity index (χ2n) is 5.53. The highest BCUT2D eigenvalue weighted by atomic mass is 32.2. The van der Waals surface area contributed by atoms with Gasteiger partial charge in [0.1, 0.15) is 11.6 Å². The van der Waals surface area contributed by atoms with E-state index in [0.29, 0.717) is 23.3 Å². The fourth-order valence-electron chi connectivity index (χ4n) is 1.66.